The third-order valence-electron chi connectivity index (χ3n) is 13.2. The van der Waals surface area contributed by atoms with Gasteiger partial charge in [0.05, 0.1) is 18.8 Å². The van der Waals surface area contributed by atoms with Crippen molar-refractivity contribution < 1.29 is 19.7 Å². The van der Waals surface area contributed by atoms with Crippen LogP contribution in [-0.4, -0.2) is 41.7 Å². The maximum absolute atomic E-state index is 12.3. The van der Waals surface area contributed by atoms with E-state index in [0.717, 1.165) is 38.6 Å². The van der Waals surface area contributed by atoms with Crippen molar-refractivity contribution in [2.45, 2.75) is 130 Å². The highest BCUT2D eigenvalue weighted by molar-refractivity contribution is 5.67. The predicted molar refractivity (Wildman–Crippen MR) is 151 cm³/mol. The fourth-order valence-electron chi connectivity index (χ4n) is 11.1. The highest BCUT2D eigenvalue weighted by atomic mass is 16.5. The van der Waals surface area contributed by atoms with Gasteiger partial charge in [-0.25, -0.2) is 4.79 Å². The molecule has 5 fully saturated rings. The summed E-state index contributed by atoms with van der Waals surface area (Å²) in [5.41, 5.74) is 0.522. The van der Waals surface area contributed by atoms with Crippen LogP contribution in [0.15, 0.2) is 0 Å². The molecule has 5 nitrogen and oxygen atoms in total. The molecular formula is C33H57NO4. The molecule has 5 aliphatic carbocycles. The van der Waals surface area contributed by atoms with Crippen LogP contribution in [0.1, 0.15) is 118 Å². The van der Waals surface area contributed by atoms with Crippen LogP contribution in [0.4, 0.5) is 4.79 Å². The molecule has 5 heteroatoms. The standard InChI is InChI=1S/C33H57NO4/c1-5-24-28-19-23(35)13-16-33(28,4)27-14-17-32(3)25(11-12-26(32)29(27)30(24)36)21(2)15-18-38-31(37)34-20-22-9-7-6-8-10-22/h21-30,35-36H,5-20H2,1-4H3,(H,34,37)/t21-,23-,24-,25-,26+,27+,28+,29+,30-,32-,33-/m1/s1. The van der Waals surface area contributed by atoms with E-state index in [1.54, 1.807) is 0 Å². The Bertz CT molecular complexity index is 813. The van der Waals surface area contributed by atoms with E-state index in [-0.39, 0.29) is 29.1 Å². The van der Waals surface area contributed by atoms with Crippen LogP contribution < -0.4 is 5.32 Å². The summed E-state index contributed by atoms with van der Waals surface area (Å²) in [6.07, 6.45) is 15.5. The topological polar surface area (TPSA) is 78.8 Å². The van der Waals surface area contributed by atoms with Gasteiger partial charge in [-0.15, -0.1) is 0 Å². The number of amides is 1. The molecule has 0 spiro atoms. The fourth-order valence-corrected chi connectivity index (χ4v) is 11.1. The number of carbonyl (C=O) groups excluding carboxylic acids is 1. The Morgan fingerprint density at radius 1 is 0.947 bits per heavy atom. The molecule has 3 N–H and O–H groups in total. The highest BCUT2D eigenvalue weighted by Gasteiger charge is 2.64. The van der Waals surface area contributed by atoms with Crippen molar-refractivity contribution in [2.24, 2.45) is 58.2 Å². The average molecular weight is 532 g/mol. The Balaban J connectivity index is 1.19. The first-order valence-electron chi connectivity index (χ1n) is 16.5. The molecule has 5 aliphatic rings. The Kier molecular flexibility index (Phi) is 8.75. The van der Waals surface area contributed by atoms with E-state index in [0.29, 0.717) is 54.0 Å². The van der Waals surface area contributed by atoms with E-state index >= 15 is 0 Å². The first kappa shape index (κ1) is 28.7. The zero-order chi connectivity index (χ0) is 27.1. The minimum absolute atomic E-state index is 0.187. The van der Waals surface area contributed by atoms with Crippen molar-refractivity contribution in [1.82, 2.24) is 5.32 Å². The molecule has 0 heterocycles. The molecule has 1 amide bonds. The molecular weight excluding hydrogens is 474 g/mol. The summed E-state index contributed by atoms with van der Waals surface area (Å²) in [5, 5.41) is 25.4. The van der Waals surface area contributed by atoms with Gasteiger partial charge in [-0.1, -0.05) is 53.4 Å². The number of ether oxygens (including phenoxy) is 1. The van der Waals surface area contributed by atoms with Gasteiger partial charge < -0.3 is 20.3 Å². The van der Waals surface area contributed by atoms with E-state index in [9.17, 15) is 15.0 Å². The molecule has 5 rings (SSSR count). The van der Waals surface area contributed by atoms with Crippen LogP contribution in [-0.2, 0) is 4.74 Å². The van der Waals surface area contributed by atoms with Gasteiger partial charge in [-0.2, -0.15) is 0 Å². The second kappa shape index (κ2) is 11.6. The van der Waals surface area contributed by atoms with E-state index in [1.165, 1.54) is 57.8 Å². The van der Waals surface area contributed by atoms with Crippen LogP contribution in [0.25, 0.3) is 0 Å². The number of nitrogens with one attached hydrogen (secondary N) is 1. The van der Waals surface area contributed by atoms with Crippen LogP contribution in [0, 0.1) is 58.2 Å². The number of alkyl carbamates (subject to hydrolysis) is 1. The molecule has 0 aromatic rings. The lowest BCUT2D eigenvalue weighted by Gasteiger charge is -2.64. The lowest BCUT2D eigenvalue weighted by molar-refractivity contribution is -0.203. The van der Waals surface area contributed by atoms with Crippen molar-refractivity contribution in [2.75, 3.05) is 13.2 Å². The summed E-state index contributed by atoms with van der Waals surface area (Å²) in [7, 11) is 0. The summed E-state index contributed by atoms with van der Waals surface area (Å²) in [5.74, 6) is 4.11. The van der Waals surface area contributed by atoms with E-state index < -0.39 is 0 Å². The van der Waals surface area contributed by atoms with Gasteiger partial charge >= 0.3 is 6.09 Å². The number of fused-ring (bicyclic) bond motifs is 5. The van der Waals surface area contributed by atoms with Crippen molar-refractivity contribution >= 4 is 6.09 Å². The number of carbonyl (C=O) groups is 1. The van der Waals surface area contributed by atoms with Gasteiger partial charge in [0, 0.05) is 6.54 Å². The Labute approximate surface area is 232 Å². The molecule has 38 heavy (non-hydrogen) atoms. The van der Waals surface area contributed by atoms with E-state index in [1.807, 2.05) is 0 Å². The molecule has 0 aromatic heterocycles. The number of hydrogen-bond acceptors (Lipinski definition) is 4. The van der Waals surface area contributed by atoms with Crippen LogP contribution in [0.5, 0.6) is 0 Å². The molecule has 0 radical (unpaired) electrons. The van der Waals surface area contributed by atoms with Crippen LogP contribution in [0.3, 0.4) is 0 Å². The smallest absolute Gasteiger partial charge is 0.407 e. The molecule has 0 aromatic carbocycles. The predicted octanol–water partition coefficient (Wildman–Crippen LogP) is 6.95. The summed E-state index contributed by atoms with van der Waals surface area (Å²) in [6.45, 7) is 10.9. The van der Waals surface area contributed by atoms with Crippen molar-refractivity contribution in [3.63, 3.8) is 0 Å². The third kappa shape index (κ3) is 5.17. The largest absolute Gasteiger partial charge is 0.450 e. The Morgan fingerprint density at radius 3 is 2.39 bits per heavy atom. The van der Waals surface area contributed by atoms with Gasteiger partial charge in [0.2, 0.25) is 0 Å². The maximum Gasteiger partial charge on any atom is 0.407 e. The summed E-state index contributed by atoms with van der Waals surface area (Å²) in [6, 6.07) is 0. The van der Waals surface area contributed by atoms with Gasteiger partial charge in [0.15, 0.2) is 0 Å². The third-order valence-corrected chi connectivity index (χ3v) is 13.2. The van der Waals surface area contributed by atoms with Gasteiger partial charge in [-0.05, 0) is 122 Å². The van der Waals surface area contributed by atoms with Gasteiger partial charge in [0.1, 0.15) is 0 Å². The highest BCUT2D eigenvalue weighted by Crippen LogP contribution is 2.69. The summed E-state index contributed by atoms with van der Waals surface area (Å²) in [4.78, 5) is 12.3. The SMILES string of the molecule is CC[C@H]1[C@@H](O)[C@@H]2[C@H](CC[C@]3(C)[C@@H]([C@H](C)CCOC(=O)NCC4CCCCC4)CC[C@@H]23)[C@@]2(C)CC[C@@H](O)C[C@@H]12. The normalized spacial score (nSPS) is 45.9. The molecule has 11 atom stereocenters. The van der Waals surface area contributed by atoms with Gasteiger partial charge in [-0.3, -0.25) is 0 Å². The van der Waals surface area contributed by atoms with Crippen LogP contribution >= 0.6 is 0 Å². The first-order valence-corrected chi connectivity index (χ1v) is 16.5. The zero-order valence-corrected chi connectivity index (χ0v) is 24.8. The molecule has 218 valence electrons. The lowest BCUT2D eigenvalue weighted by atomic mass is 9.41. The minimum Gasteiger partial charge on any atom is -0.450 e. The number of rotatable bonds is 7. The number of aliphatic hydroxyl groups excluding tert-OH is 2. The summed E-state index contributed by atoms with van der Waals surface area (Å²) >= 11 is 0. The van der Waals surface area contributed by atoms with Crippen molar-refractivity contribution in [1.29, 1.82) is 0 Å². The maximum atomic E-state index is 12.3. The van der Waals surface area contributed by atoms with E-state index in [4.69, 9.17) is 4.74 Å². The van der Waals surface area contributed by atoms with E-state index in [2.05, 4.69) is 33.0 Å². The lowest BCUT2D eigenvalue weighted by Crippen LogP contribution is -2.62. The monoisotopic (exact) mass is 531 g/mol. The molecule has 0 unspecified atom stereocenters. The zero-order valence-electron chi connectivity index (χ0n) is 24.8. The molecule has 0 saturated heterocycles. The fraction of sp³-hybridized carbons (Fsp3) is 0.970. The Hall–Kier alpha value is -0.810. The first-order chi connectivity index (χ1) is 18.2. The quantitative estimate of drug-likeness (QED) is 0.332. The average Bonchev–Trinajstić information content (AvgIpc) is 3.26. The van der Waals surface area contributed by atoms with Gasteiger partial charge in [0.25, 0.3) is 0 Å². The molecule has 0 aliphatic heterocycles. The molecule has 0 bridgehead atoms. The van der Waals surface area contributed by atoms with Crippen LogP contribution in [0.2, 0.25) is 0 Å². The molecule has 5 saturated carbocycles. The van der Waals surface area contributed by atoms with Crippen molar-refractivity contribution in [3.05, 3.63) is 0 Å². The number of hydrogen-bond donors (Lipinski definition) is 3. The Morgan fingerprint density at radius 2 is 1.66 bits per heavy atom. The second-order valence-corrected chi connectivity index (χ2v) is 14.9. The van der Waals surface area contributed by atoms with Crippen molar-refractivity contribution in [3.8, 4) is 0 Å². The second-order valence-electron chi connectivity index (χ2n) is 14.9. The summed E-state index contributed by atoms with van der Waals surface area (Å²) < 4.78 is 5.63. The minimum atomic E-state index is -0.241. The number of aliphatic hydroxyl groups is 2.